The molecule has 8 heteroatoms. The highest BCUT2D eigenvalue weighted by Gasteiger charge is 2.20. The summed E-state index contributed by atoms with van der Waals surface area (Å²) >= 11 is 0. The molecule has 8 nitrogen and oxygen atoms in total. The summed E-state index contributed by atoms with van der Waals surface area (Å²) in [5.74, 6) is -1.41. The smallest absolute Gasteiger partial charge is 0.303 e. The van der Waals surface area contributed by atoms with Crippen LogP contribution in [-0.2, 0) is 9.59 Å². The highest BCUT2D eigenvalue weighted by atomic mass is 16.4. The minimum atomic E-state index is -0.708. The molecule has 0 spiro atoms. The number of aliphatic hydroxyl groups excluding tert-OH is 2. The van der Waals surface area contributed by atoms with Crippen LogP contribution in [0.1, 0.15) is 194 Å². The summed E-state index contributed by atoms with van der Waals surface area (Å²) in [4.78, 5) is 21.1. The van der Waals surface area contributed by atoms with Crippen LogP contribution in [0.4, 0.5) is 11.4 Å². The largest absolute Gasteiger partial charge is 0.481 e. The summed E-state index contributed by atoms with van der Waals surface area (Å²) in [5, 5.41) is 45.9. The van der Waals surface area contributed by atoms with Crippen molar-refractivity contribution in [3.8, 4) is 0 Å². The van der Waals surface area contributed by atoms with Crippen LogP contribution in [0.25, 0.3) is 0 Å². The molecule has 0 saturated carbocycles. The first-order chi connectivity index (χ1) is 27.3. The van der Waals surface area contributed by atoms with E-state index in [-0.39, 0.29) is 37.1 Å². The number of benzene rings is 2. The van der Waals surface area contributed by atoms with Crippen LogP contribution in [0.3, 0.4) is 0 Å². The van der Waals surface area contributed by atoms with Crippen LogP contribution in [0, 0.1) is 0 Å². The maximum absolute atomic E-state index is 10.7. The maximum Gasteiger partial charge on any atom is 0.303 e. The number of nitrogens with one attached hydrogen (secondary N) is 2. The molecule has 6 N–H and O–H groups in total. The second-order valence-electron chi connectivity index (χ2n) is 15.9. The number of anilines is 2. The van der Waals surface area contributed by atoms with E-state index in [4.69, 9.17) is 10.2 Å². The van der Waals surface area contributed by atoms with E-state index in [2.05, 4.69) is 48.7 Å². The lowest BCUT2D eigenvalue weighted by atomic mass is 9.97. The first-order valence-corrected chi connectivity index (χ1v) is 22.7. The van der Waals surface area contributed by atoms with Crippen molar-refractivity contribution in [1.29, 1.82) is 0 Å². The Bertz CT molecular complexity index is 1170. The summed E-state index contributed by atoms with van der Waals surface area (Å²) in [6.45, 7) is 4.47. The molecule has 0 aliphatic rings. The number of hydrogen-bond donors (Lipinski definition) is 6. The third-order valence-corrected chi connectivity index (χ3v) is 10.7. The van der Waals surface area contributed by atoms with Gasteiger partial charge in [-0.1, -0.05) is 179 Å². The molecule has 2 aromatic carbocycles. The van der Waals surface area contributed by atoms with E-state index in [9.17, 15) is 19.8 Å². The fourth-order valence-corrected chi connectivity index (χ4v) is 7.23. The van der Waals surface area contributed by atoms with E-state index in [1.165, 1.54) is 64.2 Å². The summed E-state index contributed by atoms with van der Waals surface area (Å²) in [6, 6.07) is 20.5. The second kappa shape index (κ2) is 36.3. The van der Waals surface area contributed by atoms with E-state index >= 15 is 0 Å². The van der Waals surface area contributed by atoms with Gasteiger partial charge in [-0.2, -0.15) is 0 Å². The fourth-order valence-electron chi connectivity index (χ4n) is 7.23. The van der Waals surface area contributed by atoms with E-state index in [0.29, 0.717) is 0 Å². The standard InChI is InChI=1S/2C24H41NO3/c1-2-3-4-5-8-14-19-23(26)22(25-21-16-11-10-12-17-21)18-13-7-6-9-15-20-24(27)28;1-2-3-4-5-7-13-18-22(25-21-16-11-10-12-17-21)23(26)19-14-8-6-9-15-20-24(27)28/h2*10-12,16-17,22-23,25-26H,2-9,13-15,18-20H2,1H3,(H,27,28). The minimum Gasteiger partial charge on any atom is -0.481 e. The average molecular weight is 783 g/mol. The van der Waals surface area contributed by atoms with E-state index < -0.39 is 11.9 Å². The van der Waals surface area contributed by atoms with Gasteiger partial charge in [0.1, 0.15) is 0 Å². The summed E-state index contributed by atoms with van der Waals surface area (Å²) < 4.78 is 0. The third kappa shape index (κ3) is 30.1. The highest BCUT2D eigenvalue weighted by Crippen LogP contribution is 2.21. The number of rotatable bonds is 36. The maximum atomic E-state index is 10.7. The lowest BCUT2D eigenvalue weighted by molar-refractivity contribution is -0.138. The molecule has 0 amide bonds. The first kappa shape index (κ1) is 50.9. The van der Waals surface area contributed by atoms with Crippen LogP contribution < -0.4 is 10.6 Å². The SMILES string of the molecule is CCCCCCCCC(Nc1ccccc1)C(O)CCCCCCCC(=O)O.CCCCCCCCC(O)C(CCCCCCCC(=O)O)Nc1ccccc1. The molecule has 0 fully saturated rings. The van der Waals surface area contributed by atoms with Gasteiger partial charge in [-0.25, -0.2) is 0 Å². The zero-order valence-corrected chi connectivity index (χ0v) is 35.5. The normalized spacial score (nSPS) is 13.2. The van der Waals surface area contributed by atoms with Gasteiger partial charge in [0.05, 0.1) is 24.3 Å². The number of carbonyl (C=O) groups is 2. The van der Waals surface area contributed by atoms with Gasteiger partial charge in [0.2, 0.25) is 0 Å². The molecule has 0 radical (unpaired) electrons. The first-order valence-electron chi connectivity index (χ1n) is 22.7. The molecule has 2 aromatic rings. The van der Waals surface area contributed by atoms with Gasteiger partial charge in [-0.3, -0.25) is 9.59 Å². The number of aliphatic carboxylic acids is 2. The van der Waals surface area contributed by atoms with Crippen LogP contribution in [0.5, 0.6) is 0 Å². The number of para-hydroxylation sites is 2. The predicted molar refractivity (Wildman–Crippen MR) is 236 cm³/mol. The highest BCUT2D eigenvalue weighted by molar-refractivity contribution is 5.66. The van der Waals surface area contributed by atoms with E-state index in [1.807, 2.05) is 36.4 Å². The van der Waals surface area contributed by atoms with Gasteiger partial charge in [-0.15, -0.1) is 0 Å². The lowest BCUT2D eigenvalue weighted by Crippen LogP contribution is -2.33. The number of aliphatic hydroxyl groups is 2. The minimum absolute atomic E-state index is 0.0806. The average Bonchev–Trinajstić information content (AvgIpc) is 3.19. The quantitative estimate of drug-likeness (QED) is 0.0376. The van der Waals surface area contributed by atoms with Gasteiger partial charge in [0, 0.05) is 24.2 Å². The summed E-state index contributed by atoms with van der Waals surface area (Å²) in [5.41, 5.74) is 2.14. The molecule has 0 bridgehead atoms. The van der Waals surface area contributed by atoms with E-state index in [1.54, 1.807) is 0 Å². The second-order valence-corrected chi connectivity index (χ2v) is 15.9. The number of hydrogen-bond acceptors (Lipinski definition) is 6. The van der Waals surface area contributed by atoms with Gasteiger partial charge >= 0.3 is 11.9 Å². The molecule has 0 heterocycles. The zero-order valence-electron chi connectivity index (χ0n) is 35.5. The Morgan fingerprint density at radius 1 is 0.429 bits per heavy atom. The summed E-state index contributed by atoms with van der Waals surface area (Å²) in [7, 11) is 0. The van der Waals surface area contributed by atoms with E-state index in [0.717, 1.165) is 114 Å². The molecule has 320 valence electrons. The molecule has 4 atom stereocenters. The van der Waals surface area contributed by atoms with Crippen molar-refractivity contribution in [3.05, 3.63) is 60.7 Å². The molecule has 56 heavy (non-hydrogen) atoms. The van der Waals surface area contributed by atoms with Crippen molar-refractivity contribution < 1.29 is 30.0 Å². The number of unbranched alkanes of at least 4 members (excludes halogenated alkanes) is 18. The van der Waals surface area contributed by atoms with Crippen molar-refractivity contribution in [2.45, 2.75) is 218 Å². The van der Waals surface area contributed by atoms with Gasteiger partial charge in [0.15, 0.2) is 0 Å². The summed E-state index contributed by atoms with van der Waals surface area (Å²) in [6.07, 6.45) is 28.3. The zero-order chi connectivity index (χ0) is 40.9. The molecule has 4 unspecified atom stereocenters. The van der Waals surface area contributed by atoms with Crippen molar-refractivity contribution >= 4 is 23.3 Å². The monoisotopic (exact) mass is 783 g/mol. The number of carboxylic acids is 2. The molecular formula is C48H82N2O6. The lowest BCUT2D eigenvalue weighted by Gasteiger charge is -2.25. The molecule has 0 aliphatic carbocycles. The molecular weight excluding hydrogens is 701 g/mol. The van der Waals surface area contributed by atoms with Crippen molar-refractivity contribution in [2.75, 3.05) is 10.6 Å². The van der Waals surface area contributed by atoms with Crippen molar-refractivity contribution in [3.63, 3.8) is 0 Å². The van der Waals surface area contributed by atoms with Gasteiger partial charge in [0.25, 0.3) is 0 Å². The topological polar surface area (TPSA) is 139 Å². The fraction of sp³-hybridized carbons (Fsp3) is 0.708. The van der Waals surface area contributed by atoms with Crippen molar-refractivity contribution in [2.24, 2.45) is 0 Å². The molecule has 2 rings (SSSR count). The third-order valence-electron chi connectivity index (χ3n) is 10.7. The Morgan fingerprint density at radius 3 is 1.04 bits per heavy atom. The Labute approximate surface area is 341 Å². The van der Waals surface area contributed by atoms with Crippen LogP contribution in [0.2, 0.25) is 0 Å². The Balaban J connectivity index is 0.000000560. The Morgan fingerprint density at radius 2 is 0.714 bits per heavy atom. The van der Waals surface area contributed by atoms with Crippen LogP contribution in [0.15, 0.2) is 60.7 Å². The predicted octanol–water partition coefficient (Wildman–Crippen LogP) is 12.8. The van der Waals surface area contributed by atoms with Gasteiger partial charge in [-0.05, 0) is 62.8 Å². The number of carboxylic acid groups (broad SMARTS) is 2. The van der Waals surface area contributed by atoms with Crippen molar-refractivity contribution in [1.82, 2.24) is 0 Å². The Kier molecular flexibility index (Phi) is 33.0. The molecule has 0 saturated heterocycles. The molecule has 0 aromatic heterocycles. The molecule has 0 aliphatic heterocycles. The van der Waals surface area contributed by atoms with Gasteiger partial charge < -0.3 is 31.1 Å². The van der Waals surface area contributed by atoms with Crippen LogP contribution in [-0.4, -0.2) is 56.7 Å². The van der Waals surface area contributed by atoms with Crippen LogP contribution >= 0.6 is 0 Å². The Hall–Kier alpha value is -3.10.